The van der Waals surface area contributed by atoms with Gasteiger partial charge >= 0.3 is 0 Å². The molecule has 1 N–H and O–H groups in total. The molecule has 1 amide bonds. The van der Waals surface area contributed by atoms with E-state index in [0.717, 1.165) is 18.5 Å². The van der Waals surface area contributed by atoms with Gasteiger partial charge in [0.2, 0.25) is 5.91 Å². The minimum absolute atomic E-state index is 0.111. The maximum Gasteiger partial charge on any atom is 0.224 e. The Morgan fingerprint density at radius 3 is 2.60 bits per heavy atom. The van der Waals surface area contributed by atoms with Gasteiger partial charge in [-0.1, -0.05) is 19.4 Å². The van der Waals surface area contributed by atoms with Crippen LogP contribution in [-0.4, -0.2) is 5.91 Å². The highest BCUT2D eigenvalue weighted by Crippen LogP contribution is 2.14. The number of aryl methyl sites for hydroxylation is 2. The molecule has 0 bridgehead atoms. The van der Waals surface area contributed by atoms with Crippen LogP contribution in [0.15, 0.2) is 18.2 Å². The summed E-state index contributed by atoms with van der Waals surface area (Å²) in [5.41, 5.74) is 3.36. The second-order valence-electron chi connectivity index (χ2n) is 3.95. The van der Waals surface area contributed by atoms with Gasteiger partial charge in [-0.25, -0.2) is 0 Å². The van der Waals surface area contributed by atoms with E-state index in [-0.39, 0.29) is 5.91 Å². The number of hydrogen-bond acceptors (Lipinski definition) is 1. The molecule has 0 saturated heterocycles. The Labute approximate surface area is 91.7 Å². The first kappa shape index (κ1) is 11.8. The standard InChI is InChI=1S/C13H19NO/c1-4-5-6-13(15)14-12-8-7-10(2)11(3)9-12/h7-9H,4-6H2,1-3H3,(H,14,15). The third kappa shape index (κ3) is 3.74. The highest BCUT2D eigenvalue weighted by atomic mass is 16.1. The van der Waals surface area contributed by atoms with Gasteiger partial charge in [0.15, 0.2) is 0 Å². The number of rotatable bonds is 4. The zero-order valence-corrected chi connectivity index (χ0v) is 9.76. The normalized spacial score (nSPS) is 10.1. The third-order valence-corrected chi connectivity index (χ3v) is 2.55. The molecule has 0 heterocycles. The van der Waals surface area contributed by atoms with Crippen molar-refractivity contribution in [3.8, 4) is 0 Å². The fraction of sp³-hybridized carbons (Fsp3) is 0.462. The van der Waals surface area contributed by atoms with Crippen LogP contribution in [0.1, 0.15) is 37.3 Å². The summed E-state index contributed by atoms with van der Waals surface area (Å²) < 4.78 is 0. The smallest absolute Gasteiger partial charge is 0.224 e. The molecule has 0 fully saturated rings. The van der Waals surface area contributed by atoms with Gasteiger partial charge in [-0.3, -0.25) is 4.79 Å². The van der Waals surface area contributed by atoms with Crippen molar-refractivity contribution in [2.24, 2.45) is 0 Å². The minimum atomic E-state index is 0.111. The molecule has 0 aliphatic heterocycles. The summed E-state index contributed by atoms with van der Waals surface area (Å²) >= 11 is 0. The Hall–Kier alpha value is -1.31. The van der Waals surface area contributed by atoms with Crippen LogP contribution in [0.2, 0.25) is 0 Å². The quantitative estimate of drug-likeness (QED) is 0.801. The Kier molecular flexibility index (Phi) is 4.35. The van der Waals surface area contributed by atoms with Crippen LogP contribution in [0.25, 0.3) is 0 Å². The molecule has 0 radical (unpaired) electrons. The predicted molar refractivity (Wildman–Crippen MR) is 64.1 cm³/mol. The number of amides is 1. The van der Waals surface area contributed by atoms with Crippen molar-refractivity contribution in [1.29, 1.82) is 0 Å². The molecular formula is C13H19NO. The van der Waals surface area contributed by atoms with Crippen molar-refractivity contribution < 1.29 is 4.79 Å². The molecule has 15 heavy (non-hydrogen) atoms. The van der Waals surface area contributed by atoms with Gasteiger partial charge in [-0.15, -0.1) is 0 Å². The minimum Gasteiger partial charge on any atom is -0.326 e. The number of anilines is 1. The maximum atomic E-state index is 11.5. The summed E-state index contributed by atoms with van der Waals surface area (Å²) in [6, 6.07) is 6.00. The van der Waals surface area contributed by atoms with Crippen LogP contribution in [0.4, 0.5) is 5.69 Å². The lowest BCUT2D eigenvalue weighted by Gasteiger charge is -2.07. The van der Waals surface area contributed by atoms with E-state index in [9.17, 15) is 4.79 Å². The summed E-state index contributed by atoms with van der Waals surface area (Å²) in [4.78, 5) is 11.5. The van der Waals surface area contributed by atoms with Gasteiger partial charge in [-0.2, -0.15) is 0 Å². The second-order valence-corrected chi connectivity index (χ2v) is 3.95. The zero-order chi connectivity index (χ0) is 11.3. The maximum absolute atomic E-state index is 11.5. The van der Waals surface area contributed by atoms with Crippen molar-refractivity contribution in [3.05, 3.63) is 29.3 Å². The van der Waals surface area contributed by atoms with Crippen molar-refractivity contribution >= 4 is 11.6 Å². The molecule has 1 rings (SSSR count). The number of carbonyl (C=O) groups is 1. The van der Waals surface area contributed by atoms with Crippen LogP contribution >= 0.6 is 0 Å². The van der Waals surface area contributed by atoms with Gasteiger partial charge in [0, 0.05) is 12.1 Å². The molecule has 1 aromatic rings. The van der Waals surface area contributed by atoms with E-state index >= 15 is 0 Å². The zero-order valence-electron chi connectivity index (χ0n) is 9.76. The van der Waals surface area contributed by atoms with Crippen molar-refractivity contribution in [3.63, 3.8) is 0 Å². The first-order chi connectivity index (χ1) is 7.13. The number of carbonyl (C=O) groups excluding carboxylic acids is 1. The third-order valence-electron chi connectivity index (χ3n) is 2.55. The van der Waals surface area contributed by atoms with Gasteiger partial charge in [-0.05, 0) is 43.5 Å². The van der Waals surface area contributed by atoms with Crippen LogP contribution in [0, 0.1) is 13.8 Å². The molecule has 0 aromatic heterocycles. The lowest BCUT2D eigenvalue weighted by molar-refractivity contribution is -0.116. The van der Waals surface area contributed by atoms with E-state index in [1.165, 1.54) is 11.1 Å². The highest BCUT2D eigenvalue weighted by molar-refractivity contribution is 5.90. The fourth-order valence-electron chi connectivity index (χ4n) is 1.38. The van der Waals surface area contributed by atoms with E-state index in [0.29, 0.717) is 6.42 Å². The Morgan fingerprint density at radius 2 is 2.00 bits per heavy atom. The van der Waals surface area contributed by atoms with Crippen LogP contribution < -0.4 is 5.32 Å². The van der Waals surface area contributed by atoms with E-state index in [1.54, 1.807) is 0 Å². The summed E-state index contributed by atoms with van der Waals surface area (Å²) in [6.07, 6.45) is 2.63. The molecular weight excluding hydrogens is 186 g/mol. The fourth-order valence-corrected chi connectivity index (χ4v) is 1.38. The second kappa shape index (κ2) is 5.54. The number of hydrogen-bond donors (Lipinski definition) is 1. The van der Waals surface area contributed by atoms with E-state index in [4.69, 9.17) is 0 Å². The van der Waals surface area contributed by atoms with Crippen molar-refractivity contribution in [2.75, 3.05) is 5.32 Å². The molecule has 0 atom stereocenters. The van der Waals surface area contributed by atoms with E-state index < -0.39 is 0 Å². The molecule has 2 heteroatoms. The number of benzene rings is 1. The topological polar surface area (TPSA) is 29.1 Å². The predicted octanol–water partition coefficient (Wildman–Crippen LogP) is 3.43. The lowest BCUT2D eigenvalue weighted by atomic mass is 10.1. The molecule has 1 aromatic carbocycles. The summed E-state index contributed by atoms with van der Waals surface area (Å²) in [6.45, 7) is 6.21. The molecule has 0 aliphatic carbocycles. The van der Waals surface area contributed by atoms with Crippen LogP contribution in [0.5, 0.6) is 0 Å². The average Bonchev–Trinajstić information content (AvgIpc) is 2.20. The van der Waals surface area contributed by atoms with Gasteiger partial charge < -0.3 is 5.32 Å². The van der Waals surface area contributed by atoms with E-state index in [2.05, 4.69) is 26.1 Å². The molecule has 82 valence electrons. The Bertz CT molecular complexity index is 344. The summed E-state index contributed by atoms with van der Waals surface area (Å²) in [5, 5.41) is 2.91. The monoisotopic (exact) mass is 205 g/mol. The SMILES string of the molecule is CCCCC(=O)Nc1ccc(C)c(C)c1. The first-order valence-electron chi connectivity index (χ1n) is 5.50. The lowest BCUT2D eigenvalue weighted by Crippen LogP contribution is -2.11. The molecule has 2 nitrogen and oxygen atoms in total. The molecule has 0 saturated carbocycles. The van der Waals surface area contributed by atoms with Crippen molar-refractivity contribution in [1.82, 2.24) is 0 Å². The van der Waals surface area contributed by atoms with E-state index in [1.807, 2.05) is 18.2 Å². The number of unbranched alkanes of at least 4 members (excludes halogenated alkanes) is 1. The van der Waals surface area contributed by atoms with Crippen LogP contribution in [0.3, 0.4) is 0 Å². The first-order valence-corrected chi connectivity index (χ1v) is 5.50. The Morgan fingerprint density at radius 1 is 1.27 bits per heavy atom. The van der Waals surface area contributed by atoms with Crippen molar-refractivity contribution in [2.45, 2.75) is 40.0 Å². The molecule has 0 unspecified atom stereocenters. The highest BCUT2D eigenvalue weighted by Gasteiger charge is 2.02. The Balaban J connectivity index is 2.57. The summed E-state index contributed by atoms with van der Waals surface area (Å²) in [5.74, 6) is 0.111. The van der Waals surface area contributed by atoms with Gasteiger partial charge in [0.25, 0.3) is 0 Å². The summed E-state index contributed by atoms with van der Waals surface area (Å²) in [7, 11) is 0. The average molecular weight is 205 g/mol. The van der Waals surface area contributed by atoms with Crippen LogP contribution in [-0.2, 0) is 4.79 Å². The largest absolute Gasteiger partial charge is 0.326 e. The molecule has 0 aliphatic rings. The molecule has 0 spiro atoms. The van der Waals surface area contributed by atoms with Gasteiger partial charge in [0.05, 0.1) is 0 Å². The van der Waals surface area contributed by atoms with Gasteiger partial charge in [0.1, 0.15) is 0 Å². The number of nitrogens with one attached hydrogen (secondary N) is 1.